The SMILES string of the molecule is O=C(CC1CCCCC1)Nc1c(Cl)ccc2nc(N3CC[C@@H](c4nnn[nH]4)C3)ccc12. The molecule has 1 amide bonds. The number of pyridine rings is 1. The molecule has 1 saturated heterocycles. The number of carbonyl (C=O) groups excluding carboxylic acids is 1. The lowest BCUT2D eigenvalue weighted by Crippen LogP contribution is -2.21. The summed E-state index contributed by atoms with van der Waals surface area (Å²) in [5.74, 6) is 2.51. The van der Waals surface area contributed by atoms with Gasteiger partial charge in [-0.1, -0.05) is 30.9 Å². The normalized spacial score (nSPS) is 19.8. The average Bonchev–Trinajstić information content (AvgIpc) is 3.48. The lowest BCUT2D eigenvalue weighted by molar-refractivity contribution is -0.117. The Morgan fingerprint density at radius 3 is 2.84 bits per heavy atom. The number of fused-ring (bicyclic) bond motifs is 1. The Morgan fingerprint density at radius 2 is 2.03 bits per heavy atom. The molecule has 1 saturated carbocycles. The molecule has 3 aromatic rings. The molecule has 2 aromatic heterocycles. The molecule has 0 bridgehead atoms. The lowest BCUT2D eigenvalue weighted by Gasteiger charge is -2.21. The minimum Gasteiger partial charge on any atom is -0.356 e. The Labute approximate surface area is 185 Å². The third-order valence-corrected chi connectivity index (χ3v) is 6.84. The lowest BCUT2D eigenvalue weighted by atomic mass is 9.87. The smallest absolute Gasteiger partial charge is 0.224 e. The highest BCUT2D eigenvalue weighted by atomic mass is 35.5. The Balaban J connectivity index is 1.33. The third-order valence-electron chi connectivity index (χ3n) is 6.53. The summed E-state index contributed by atoms with van der Waals surface area (Å²) in [4.78, 5) is 19.8. The fraction of sp³-hybridized carbons (Fsp3) is 0.500. The van der Waals surface area contributed by atoms with Crippen LogP contribution in [0, 0.1) is 5.92 Å². The maximum Gasteiger partial charge on any atom is 0.224 e. The number of hydrogen-bond acceptors (Lipinski definition) is 6. The van der Waals surface area contributed by atoms with Crippen LogP contribution in [0.5, 0.6) is 0 Å². The highest BCUT2D eigenvalue weighted by molar-refractivity contribution is 6.35. The first-order chi connectivity index (χ1) is 15.2. The molecule has 9 heteroatoms. The first-order valence-corrected chi connectivity index (χ1v) is 11.4. The molecular formula is C22H26ClN7O. The Kier molecular flexibility index (Phi) is 5.72. The van der Waals surface area contributed by atoms with Crippen molar-refractivity contribution in [3.05, 3.63) is 35.1 Å². The van der Waals surface area contributed by atoms with E-state index < -0.39 is 0 Å². The van der Waals surface area contributed by atoms with Gasteiger partial charge in [-0.3, -0.25) is 4.79 Å². The fourth-order valence-corrected chi connectivity index (χ4v) is 5.06. The summed E-state index contributed by atoms with van der Waals surface area (Å²) in [6.45, 7) is 1.70. The fourth-order valence-electron chi connectivity index (χ4n) is 4.84. The molecule has 2 fully saturated rings. The van der Waals surface area contributed by atoms with Crippen LogP contribution in [0.15, 0.2) is 24.3 Å². The molecule has 0 radical (unpaired) electrons. The van der Waals surface area contributed by atoms with E-state index in [1.54, 1.807) is 0 Å². The van der Waals surface area contributed by atoms with Crippen LogP contribution in [0.2, 0.25) is 5.02 Å². The second-order valence-electron chi connectivity index (χ2n) is 8.63. The number of carbonyl (C=O) groups is 1. The van der Waals surface area contributed by atoms with E-state index in [2.05, 4.69) is 30.8 Å². The first-order valence-electron chi connectivity index (χ1n) is 11.0. The third kappa shape index (κ3) is 4.35. The molecule has 8 nitrogen and oxygen atoms in total. The molecule has 162 valence electrons. The molecule has 1 aromatic carbocycles. The number of hydrogen-bond donors (Lipinski definition) is 2. The molecule has 0 unspecified atom stereocenters. The Morgan fingerprint density at radius 1 is 1.16 bits per heavy atom. The predicted octanol–water partition coefficient (Wildman–Crippen LogP) is 4.30. The van der Waals surface area contributed by atoms with Gasteiger partial charge in [-0.2, -0.15) is 0 Å². The number of nitrogens with zero attached hydrogens (tertiary/aromatic N) is 5. The minimum absolute atomic E-state index is 0.0356. The van der Waals surface area contributed by atoms with Crippen LogP contribution in [0.25, 0.3) is 10.9 Å². The van der Waals surface area contributed by atoms with E-state index in [-0.39, 0.29) is 11.8 Å². The predicted molar refractivity (Wildman–Crippen MR) is 120 cm³/mol. The van der Waals surface area contributed by atoms with Gasteiger partial charge < -0.3 is 10.2 Å². The maximum atomic E-state index is 12.7. The van der Waals surface area contributed by atoms with Crippen molar-refractivity contribution in [2.24, 2.45) is 5.92 Å². The second kappa shape index (κ2) is 8.78. The molecule has 2 aliphatic rings. The van der Waals surface area contributed by atoms with Crippen molar-refractivity contribution in [1.82, 2.24) is 25.6 Å². The number of rotatable bonds is 5. The number of aromatic nitrogens is 5. The zero-order valence-corrected chi connectivity index (χ0v) is 18.1. The number of halogens is 1. The van der Waals surface area contributed by atoms with Crippen molar-refractivity contribution in [1.29, 1.82) is 0 Å². The van der Waals surface area contributed by atoms with Gasteiger partial charge in [0.1, 0.15) is 5.82 Å². The molecular weight excluding hydrogens is 414 g/mol. The largest absolute Gasteiger partial charge is 0.356 e. The second-order valence-corrected chi connectivity index (χ2v) is 9.04. The molecule has 1 aliphatic carbocycles. The summed E-state index contributed by atoms with van der Waals surface area (Å²) < 4.78 is 0. The van der Waals surface area contributed by atoms with Crippen molar-refractivity contribution in [3.8, 4) is 0 Å². The summed E-state index contributed by atoms with van der Waals surface area (Å²) in [7, 11) is 0. The van der Waals surface area contributed by atoms with Gasteiger partial charge in [0.2, 0.25) is 5.91 Å². The van der Waals surface area contributed by atoms with Gasteiger partial charge >= 0.3 is 0 Å². The quantitative estimate of drug-likeness (QED) is 0.614. The van der Waals surface area contributed by atoms with Crippen LogP contribution in [0.4, 0.5) is 11.5 Å². The van der Waals surface area contributed by atoms with Crippen LogP contribution in [0.1, 0.15) is 56.7 Å². The molecule has 0 spiro atoms. The number of tetrazole rings is 1. The number of nitrogens with one attached hydrogen (secondary N) is 2. The van der Waals surface area contributed by atoms with E-state index in [9.17, 15) is 4.79 Å². The number of H-pyrrole nitrogens is 1. The van der Waals surface area contributed by atoms with Gasteiger partial charge in [-0.15, -0.1) is 5.10 Å². The Hall–Kier alpha value is -2.74. The van der Waals surface area contributed by atoms with E-state index in [1.165, 1.54) is 19.3 Å². The number of aromatic amines is 1. The average molecular weight is 440 g/mol. The van der Waals surface area contributed by atoms with Gasteiger partial charge in [0.25, 0.3) is 0 Å². The summed E-state index contributed by atoms with van der Waals surface area (Å²) in [6.07, 6.45) is 7.55. The van der Waals surface area contributed by atoms with Crippen molar-refractivity contribution in [3.63, 3.8) is 0 Å². The Bertz CT molecular complexity index is 1070. The van der Waals surface area contributed by atoms with Crippen molar-refractivity contribution in [2.45, 2.75) is 50.9 Å². The highest BCUT2D eigenvalue weighted by Crippen LogP contribution is 2.34. The van der Waals surface area contributed by atoms with E-state index in [1.807, 2.05) is 24.3 Å². The van der Waals surface area contributed by atoms with E-state index >= 15 is 0 Å². The van der Waals surface area contributed by atoms with E-state index in [4.69, 9.17) is 16.6 Å². The molecule has 1 atom stereocenters. The van der Waals surface area contributed by atoms with Crippen LogP contribution in [-0.2, 0) is 4.79 Å². The van der Waals surface area contributed by atoms with E-state index in [0.717, 1.165) is 54.9 Å². The van der Waals surface area contributed by atoms with Gasteiger partial charge in [0, 0.05) is 30.8 Å². The molecule has 5 rings (SSSR count). The first kappa shape index (κ1) is 20.2. The number of amides is 1. The van der Waals surface area contributed by atoms with Crippen molar-refractivity contribution in [2.75, 3.05) is 23.3 Å². The minimum atomic E-state index is 0.0356. The zero-order chi connectivity index (χ0) is 21.2. The van der Waals surface area contributed by atoms with Gasteiger partial charge in [-0.05, 0) is 59.9 Å². The topological polar surface area (TPSA) is 99.7 Å². The van der Waals surface area contributed by atoms with Crippen LogP contribution < -0.4 is 10.2 Å². The summed E-state index contributed by atoms with van der Waals surface area (Å²) in [5.41, 5.74) is 1.48. The maximum absolute atomic E-state index is 12.7. The van der Waals surface area contributed by atoms with Crippen LogP contribution >= 0.6 is 11.6 Å². The molecule has 1 aliphatic heterocycles. The van der Waals surface area contributed by atoms with Crippen LogP contribution in [0.3, 0.4) is 0 Å². The number of benzene rings is 1. The van der Waals surface area contributed by atoms with Crippen molar-refractivity contribution < 1.29 is 4.79 Å². The monoisotopic (exact) mass is 439 g/mol. The van der Waals surface area contributed by atoms with Gasteiger partial charge in [-0.25, -0.2) is 10.1 Å². The summed E-state index contributed by atoms with van der Waals surface area (Å²) in [6, 6.07) is 7.72. The molecule has 3 heterocycles. The highest BCUT2D eigenvalue weighted by Gasteiger charge is 2.27. The summed E-state index contributed by atoms with van der Waals surface area (Å²) >= 11 is 6.46. The number of anilines is 2. The van der Waals surface area contributed by atoms with Crippen molar-refractivity contribution >= 4 is 39.9 Å². The zero-order valence-electron chi connectivity index (χ0n) is 17.4. The molecule has 31 heavy (non-hydrogen) atoms. The standard InChI is InChI=1S/C22H26ClN7O/c23-17-7-8-18-16(21(17)25-20(31)12-14-4-2-1-3-5-14)6-9-19(24-18)30-11-10-15(13-30)22-26-28-29-27-22/h6-9,14-15H,1-5,10-13H2,(H,25,31)(H,26,27,28,29)/t15-/m1/s1. The van der Waals surface area contributed by atoms with Crippen LogP contribution in [-0.4, -0.2) is 44.6 Å². The summed E-state index contributed by atoms with van der Waals surface area (Å²) in [5, 5.41) is 18.7. The van der Waals surface area contributed by atoms with Gasteiger partial charge in [0.15, 0.2) is 5.82 Å². The van der Waals surface area contributed by atoms with Gasteiger partial charge in [0.05, 0.1) is 16.2 Å². The van der Waals surface area contributed by atoms with E-state index in [0.29, 0.717) is 23.0 Å². The molecule has 2 N–H and O–H groups in total.